The Morgan fingerprint density at radius 3 is 1.55 bits per heavy atom. The van der Waals surface area contributed by atoms with Gasteiger partial charge < -0.3 is 23.8 Å². The van der Waals surface area contributed by atoms with Crippen molar-refractivity contribution >= 4 is 17.9 Å². The third-order valence-electron chi connectivity index (χ3n) is 9.87. The van der Waals surface area contributed by atoms with E-state index < -0.39 is 18.1 Å². The Hall–Kier alpha value is -2.19. The van der Waals surface area contributed by atoms with Gasteiger partial charge in [-0.15, -0.1) is 0 Å². The summed E-state index contributed by atoms with van der Waals surface area (Å²) in [4.78, 5) is 36.9. The van der Waals surface area contributed by atoms with Gasteiger partial charge in [0.1, 0.15) is 6.61 Å². The van der Waals surface area contributed by atoms with Crippen LogP contribution in [-0.4, -0.2) is 80.6 Å². The van der Waals surface area contributed by atoms with Crippen LogP contribution in [0, 0.1) is 0 Å². The van der Waals surface area contributed by atoms with Gasteiger partial charge in [0, 0.05) is 19.3 Å². The summed E-state index contributed by atoms with van der Waals surface area (Å²) in [5.41, 5.74) is 0. The Balaban J connectivity index is 4.31. The van der Waals surface area contributed by atoms with Crippen molar-refractivity contribution in [2.24, 2.45) is 0 Å². The Morgan fingerprint density at radius 1 is 0.585 bits per heavy atom. The van der Waals surface area contributed by atoms with Crippen molar-refractivity contribution in [3.63, 3.8) is 0 Å². The van der Waals surface area contributed by atoms with Crippen molar-refractivity contribution < 1.29 is 38.2 Å². The van der Waals surface area contributed by atoms with E-state index in [9.17, 15) is 19.5 Å². The smallest absolute Gasteiger partial charge is 0.362 e. The minimum absolute atomic E-state index is 0.0545. The maximum absolute atomic E-state index is 12.7. The number of carbonyl (C=O) groups is 3. The molecule has 0 heterocycles. The summed E-state index contributed by atoms with van der Waals surface area (Å²) >= 11 is 0. The molecule has 0 radical (unpaired) electrons. The van der Waals surface area contributed by atoms with E-state index >= 15 is 0 Å². The summed E-state index contributed by atoms with van der Waals surface area (Å²) in [6.45, 7) is 4.63. The predicted octanol–water partition coefficient (Wildman–Crippen LogP) is 11.7. The third kappa shape index (κ3) is 35.3. The lowest BCUT2D eigenvalue weighted by Gasteiger charge is -2.31. The van der Waals surface area contributed by atoms with E-state index in [1.807, 2.05) is 21.1 Å². The van der Waals surface area contributed by atoms with Crippen molar-refractivity contribution in [2.75, 3.05) is 41.0 Å². The topological polar surface area (TPSA) is 99.1 Å². The van der Waals surface area contributed by atoms with Gasteiger partial charge in [-0.3, -0.25) is 9.59 Å². The second kappa shape index (κ2) is 36.8. The summed E-state index contributed by atoms with van der Waals surface area (Å²) < 4.78 is 17.3. The number of likely N-dealkylation sites (N-methyl/N-ethyl adjacent to an activating group) is 1. The molecule has 0 amide bonds. The highest BCUT2D eigenvalue weighted by Crippen LogP contribution is 2.15. The molecule has 2 unspecified atom stereocenters. The molecule has 0 spiro atoms. The first-order chi connectivity index (χ1) is 25.6. The Bertz CT molecular complexity index is 926. The van der Waals surface area contributed by atoms with Crippen LogP contribution in [0.15, 0.2) is 24.3 Å². The largest absolute Gasteiger partial charge is 0.477 e. The average Bonchev–Trinajstić information content (AvgIpc) is 3.11. The van der Waals surface area contributed by atoms with Crippen molar-refractivity contribution in [1.82, 2.24) is 0 Å². The number of unbranched alkanes of at least 4 members (excludes halogenated alkanes) is 21. The maximum atomic E-state index is 12.7. The fourth-order valence-electron chi connectivity index (χ4n) is 6.48. The number of allylic oxidation sites excluding steroid dienone is 4. The van der Waals surface area contributed by atoms with Gasteiger partial charge in [-0.25, -0.2) is 4.79 Å². The molecular weight excluding hydrogens is 666 g/mol. The molecule has 8 nitrogen and oxygen atoms in total. The molecule has 0 aliphatic heterocycles. The average molecular weight is 751 g/mol. The number of esters is 2. The zero-order chi connectivity index (χ0) is 39.3. The first kappa shape index (κ1) is 50.8. The predicted molar refractivity (Wildman–Crippen MR) is 220 cm³/mol. The first-order valence-corrected chi connectivity index (χ1v) is 21.9. The lowest BCUT2D eigenvalue weighted by molar-refractivity contribution is -0.887. The molecule has 1 N–H and O–H groups in total. The molecule has 0 aromatic rings. The van der Waals surface area contributed by atoms with Crippen LogP contribution in [0.2, 0.25) is 0 Å². The van der Waals surface area contributed by atoms with E-state index in [2.05, 4.69) is 38.2 Å². The molecule has 0 aliphatic rings. The second-order valence-electron chi connectivity index (χ2n) is 15.9. The lowest BCUT2D eigenvalue weighted by Crippen LogP contribution is -2.50. The molecule has 0 saturated heterocycles. The Labute approximate surface area is 326 Å². The van der Waals surface area contributed by atoms with Crippen molar-refractivity contribution in [3.8, 4) is 0 Å². The molecule has 0 aliphatic carbocycles. The molecule has 0 bridgehead atoms. The number of ether oxygens (including phenoxy) is 3. The summed E-state index contributed by atoms with van der Waals surface area (Å²) in [5, 5.41) is 9.61. The quantitative estimate of drug-likeness (QED) is 0.0289. The number of aliphatic carboxylic acids is 1. The highest BCUT2D eigenvalue weighted by atomic mass is 16.6. The summed E-state index contributed by atoms with van der Waals surface area (Å²) in [6, 6.07) is -0.613. The minimum Gasteiger partial charge on any atom is -0.477 e. The molecular formula is C45H84NO7+. The van der Waals surface area contributed by atoms with E-state index in [0.717, 1.165) is 70.6 Å². The van der Waals surface area contributed by atoms with Crippen LogP contribution in [0.3, 0.4) is 0 Å². The fraction of sp³-hybridized carbons (Fsp3) is 0.844. The molecule has 0 aromatic heterocycles. The van der Waals surface area contributed by atoms with E-state index in [1.165, 1.54) is 89.9 Å². The number of carboxylic acids is 1. The monoisotopic (exact) mass is 751 g/mol. The van der Waals surface area contributed by atoms with Crippen molar-refractivity contribution in [1.29, 1.82) is 0 Å². The van der Waals surface area contributed by atoms with Gasteiger partial charge in [0.15, 0.2) is 12.1 Å². The summed E-state index contributed by atoms with van der Waals surface area (Å²) in [5.74, 6) is -1.48. The highest BCUT2D eigenvalue weighted by molar-refractivity contribution is 5.72. The molecule has 0 aromatic carbocycles. The van der Waals surface area contributed by atoms with Crippen LogP contribution in [-0.2, 0) is 28.6 Å². The number of quaternary nitrogens is 1. The van der Waals surface area contributed by atoms with E-state index in [0.29, 0.717) is 19.3 Å². The van der Waals surface area contributed by atoms with Crippen LogP contribution in [0.5, 0.6) is 0 Å². The Morgan fingerprint density at radius 2 is 1.06 bits per heavy atom. The molecule has 53 heavy (non-hydrogen) atoms. The summed E-state index contributed by atoms with van der Waals surface area (Å²) in [7, 11) is 5.52. The highest BCUT2D eigenvalue weighted by Gasteiger charge is 2.31. The molecule has 2 atom stereocenters. The molecule has 0 fully saturated rings. The minimum atomic E-state index is -0.876. The second-order valence-corrected chi connectivity index (χ2v) is 15.9. The van der Waals surface area contributed by atoms with Crippen molar-refractivity contribution in [2.45, 2.75) is 206 Å². The van der Waals surface area contributed by atoms with Crippen molar-refractivity contribution in [3.05, 3.63) is 24.3 Å². The number of carboxylic acid groups (broad SMARTS) is 1. The van der Waals surface area contributed by atoms with Crippen LogP contribution in [0.1, 0.15) is 194 Å². The molecule has 0 saturated carbocycles. The van der Waals surface area contributed by atoms with E-state index in [4.69, 9.17) is 14.2 Å². The standard InChI is InChI=1S/C45H83NO7/c1-6-8-10-12-14-16-18-20-21-22-23-24-26-28-30-32-34-36-44(48)53-41(39-51-38-37-42(45(49)50)46(3,4)5)40-52-43(47)35-33-31-29-27-25-19-17-15-13-11-9-7-2/h9,11,15,17,41-42H,6-8,10,12-14,16,18-40H2,1-5H3/p+1/b11-9+,17-15+. The summed E-state index contributed by atoms with van der Waals surface area (Å²) in [6.07, 6.45) is 39.3. The van der Waals surface area contributed by atoms with Crippen LogP contribution >= 0.6 is 0 Å². The van der Waals surface area contributed by atoms with Gasteiger partial charge in [0.25, 0.3) is 0 Å². The third-order valence-corrected chi connectivity index (χ3v) is 9.87. The maximum Gasteiger partial charge on any atom is 0.362 e. The molecule has 8 heteroatoms. The zero-order valence-electron chi connectivity index (χ0n) is 35.2. The number of hydrogen-bond acceptors (Lipinski definition) is 6. The van der Waals surface area contributed by atoms with Gasteiger partial charge in [-0.2, -0.15) is 0 Å². The van der Waals surface area contributed by atoms with Gasteiger partial charge >= 0.3 is 17.9 Å². The molecule has 0 rings (SSSR count). The molecule has 310 valence electrons. The first-order valence-electron chi connectivity index (χ1n) is 21.9. The zero-order valence-corrected chi connectivity index (χ0v) is 35.2. The number of rotatable bonds is 39. The van der Waals surface area contributed by atoms with E-state index in [-0.39, 0.29) is 36.2 Å². The van der Waals surface area contributed by atoms with Gasteiger partial charge in [0.2, 0.25) is 0 Å². The van der Waals surface area contributed by atoms with Gasteiger partial charge in [-0.05, 0) is 38.5 Å². The lowest BCUT2D eigenvalue weighted by atomic mass is 10.0. The Kier molecular flexibility index (Phi) is 35.2. The normalized spacial score (nSPS) is 13.2. The van der Waals surface area contributed by atoms with Gasteiger partial charge in [-0.1, -0.05) is 160 Å². The number of nitrogens with zero attached hydrogens (tertiary/aromatic N) is 1. The van der Waals surface area contributed by atoms with Crippen LogP contribution < -0.4 is 0 Å². The van der Waals surface area contributed by atoms with Gasteiger partial charge in [0.05, 0.1) is 34.4 Å². The van der Waals surface area contributed by atoms with E-state index in [1.54, 1.807) is 0 Å². The number of carbonyl (C=O) groups excluding carboxylic acids is 2. The SMILES string of the molecule is CC/C=C/C/C=C/CCCCCCCC(=O)OCC(COCCC(C(=O)O)[N+](C)(C)C)OC(=O)CCCCCCCCCCCCCCCCCCC. The van der Waals surface area contributed by atoms with Crippen LogP contribution in [0.25, 0.3) is 0 Å². The fourth-order valence-corrected chi connectivity index (χ4v) is 6.48. The number of hydrogen-bond donors (Lipinski definition) is 1. The van der Waals surface area contributed by atoms with Crippen LogP contribution in [0.4, 0.5) is 0 Å².